The van der Waals surface area contributed by atoms with Crippen LogP contribution in [0.25, 0.3) is 0 Å². The van der Waals surface area contributed by atoms with Gasteiger partial charge >= 0.3 is 17.9 Å². The van der Waals surface area contributed by atoms with Gasteiger partial charge in [-0.3, -0.25) is 29.0 Å². The summed E-state index contributed by atoms with van der Waals surface area (Å²) >= 11 is 0. The molecule has 42 heavy (non-hydrogen) atoms. The number of hydrogen-bond donors (Lipinski definition) is 9. The van der Waals surface area contributed by atoms with Gasteiger partial charge in [-0.25, -0.2) is 4.79 Å². The third-order valence-corrected chi connectivity index (χ3v) is 6.54. The highest BCUT2D eigenvalue weighted by molar-refractivity contribution is 5.98. The number of aromatic nitrogens is 2. The third kappa shape index (κ3) is 8.33. The summed E-state index contributed by atoms with van der Waals surface area (Å²) in [5, 5.41) is 38.0. The van der Waals surface area contributed by atoms with Crippen LogP contribution >= 0.6 is 0 Å². The summed E-state index contributed by atoms with van der Waals surface area (Å²) in [5.41, 5.74) is 6.38. The molecule has 1 aromatic heterocycles. The van der Waals surface area contributed by atoms with Gasteiger partial charge in [0.05, 0.1) is 6.04 Å². The van der Waals surface area contributed by atoms with Crippen LogP contribution in [0.1, 0.15) is 36.0 Å². The van der Waals surface area contributed by atoms with Gasteiger partial charge in [0.15, 0.2) is 5.82 Å². The van der Waals surface area contributed by atoms with Crippen LogP contribution in [0, 0.1) is 0 Å². The second kappa shape index (κ2) is 13.8. The zero-order valence-corrected chi connectivity index (χ0v) is 22.5. The number of H-pyrrole nitrogens is 1. The largest absolute Gasteiger partial charge is 0.481 e. The first-order valence-corrected chi connectivity index (χ1v) is 12.8. The fourth-order valence-corrected chi connectivity index (χ4v) is 4.23. The zero-order valence-electron chi connectivity index (χ0n) is 22.5. The minimum Gasteiger partial charge on any atom is -0.481 e. The van der Waals surface area contributed by atoms with E-state index < -0.39 is 61.1 Å². The Morgan fingerprint density at radius 3 is 2.24 bits per heavy atom. The van der Waals surface area contributed by atoms with Gasteiger partial charge in [0, 0.05) is 44.2 Å². The van der Waals surface area contributed by atoms with Crippen LogP contribution in [0.5, 0.6) is 0 Å². The van der Waals surface area contributed by atoms with Gasteiger partial charge < -0.3 is 47.2 Å². The molecule has 0 unspecified atom stereocenters. The molecule has 0 aliphatic carbocycles. The number of likely N-dealkylation sites (N-methyl/N-ethyl adjacent to an activating group) is 1. The van der Waals surface area contributed by atoms with Gasteiger partial charge in [0.25, 0.3) is 11.5 Å². The molecule has 1 aliphatic heterocycles. The number of carboxylic acids is 3. The molecule has 0 radical (unpaired) electrons. The number of hydrogen-bond acceptors (Lipinski definition) is 11. The van der Waals surface area contributed by atoms with Crippen LogP contribution < -0.4 is 37.5 Å². The molecule has 1 aromatic carbocycles. The molecule has 1 aliphatic rings. The Labute approximate surface area is 238 Å². The average Bonchev–Trinajstić information content (AvgIpc) is 2.92. The van der Waals surface area contributed by atoms with E-state index in [1.165, 1.54) is 12.1 Å². The van der Waals surface area contributed by atoms with Crippen LogP contribution in [0.2, 0.25) is 0 Å². The number of aliphatic carboxylic acids is 3. The predicted octanol–water partition coefficient (Wildman–Crippen LogP) is -0.908. The highest BCUT2D eigenvalue weighted by atomic mass is 16.4. The molecule has 226 valence electrons. The lowest BCUT2D eigenvalue weighted by Crippen LogP contribution is -2.51. The van der Waals surface area contributed by atoms with Gasteiger partial charge in [-0.05, 0) is 37.1 Å². The van der Waals surface area contributed by atoms with E-state index in [9.17, 15) is 33.9 Å². The number of aromatic amines is 1. The number of nitrogens with two attached hydrogens (primary N) is 1. The van der Waals surface area contributed by atoms with E-state index in [4.69, 9.17) is 15.9 Å². The Morgan fingerprint density at radius 1 is 1.02 bits per heavy atom. The molecule has 0 saturated carbocycles. The fourth-order valence-electron chi connectivity index (χ4n) is 4.23. The van der Waals surface area contributed by atoms with Crippen molar-refractivity contribution in [2.45, 2.75) is 43.8 Å². The smallest absolute Gasteiger partial charge is 0.326 e. The van der Waals surface area contributed by atoms with Crippen molar-refractivity contribution in [1.29, 1.82) is 0 Å². The Balaban J connectivity index is 1.62. The molecular formula is C25H32N8O9. The van der Waals surface area contributed by atoms with E-state index in [1.54, 1.807) is 24.1 Å². The molecule has 3 atom stereocenters. The molecule has 0 fully saturated rings. The molecule has 0 spiro atoms. The van der Waals surface area contributed by atoms with Crippen molar-refractivity contribution >= 4 is 52.9 Å². The fraction of sp³-hybridized carbons (Fsp3) is 0.400. The summed E-state index contributed by atoms with van der Waals surface area (Å²) in [6, 6.07) is 3.13. The molecule has 0 saturated heterocycles. The maximum atomic E-state index is 12.9. The second-order valence-corrected chi connectivity index (χ2v) is 9.54. The summed E-state index contributed by atoms with van der Waals surface area (Å²) in [4.78, 5) is 79.6. The molecule has 2 aromatic rings. The van der Waals surface area contributed by atoms with E-state index in [0.29, 0.717) is 30.3 Å². The average molecular weight is 589 g/mol. The van der Waals surface area contributed by atoms with Crippen molar-refractivity contribution in [3.05, 3.63) is 40.2 Å². The minimum atomic E-state index is -1.54. The van der Waals surface area contributed by atoms with Gasteiger partial charge in [0.2, 0.25) is 11.9 Å². The number of nitrogens with zero attached hydrogens (tertiary/aromatic N) is 2. The van der Waals surface area contributed by atoms with E-state index >= 15 is 0 Å². The summed E-state index contributed by atoms with van der Waals surface area (Å²) in [7, 11) is 1.76. The molecule has 17 heteroatoms. The third-order valence-electron chi connectivity index (χ3n) is 6.54. The normalized spacial score (nSPS) is 15.4. The first kappa shape index (κ1) is 31.2. The van der Waals surface area contributed by atoms with Crippen molar-refractivity contribution < 1.29 is 39.3 Å². The lowest BCUT2D eigenvalue weighted by molar-refractivity contribution is -0.143. The maximum absolute atomic E-state index is 12.9. The molecule has 2 heterocycles. The Morgan fingerprint density at radius 2 is 1.64 bits per heavy atom. The summed E-state index contributed by atoms with van der Waals surface area (Å²) in [6.45, 7) is 0.897. The van der Waals surface area contributed by atoms with Gasteiger partial charge in [-0.2, -0.15) is 4.98 Å². The number of anilines is 4. The first-order chi connectivity index (χ1) is 19.8. The summed E-state index contributed by atoms with van der Waals surface area (Å²) in [6.07, 6.45) is -1.73. The number of fused-ring (bicyclic) bond motifs is 1. The van der Waals surface area contributed by atoms with Gasteiger partial charge in [0.1, 0.15) is 17.8 Å². The van der Waals surface area contributed by atoms with E-state index in [2.05, 4.69) is 31.2 Å². The maximum Gasteiger partial charge on any atom is 0.326 e. The van der Waals surface area contributed by atoms with Crippen molar-refractivity contribution in [3.63, 3.8) is 0 Å². The van der Waals surface area contributed by atoms with Gasteiger partial charge in [-0.1, -0.05) is 0 Å². The number of rotatable bonds is 14. The highest BCUT2D eigenvalue weighted by Gasteiger charge is 2.29. The van der Waals surface area contributed by atoms with E-state index in [1.807, 2.05) is 0 Å². The first-order valence-electron chi connectivity index (χ1n) is 12.8. The number of benzene rings is 1. The zero-order chi connectivity index (χ0) is 31.0. The van der Waals surface area contributed by atoms with Crippen LogP contribution in [0.4, 0.5) is 23.1 Å². The number of amides is 2. The van der Waals surface area contributed by atoms with E-state index in [0.717, 1.165) is 0 Å². The topological polar surface area (TPSA) is 269 Å². The minimum absolute atomic E-state index is 0.00869. The molecular weight excluding hydrogens is 556 g/mol. The number of carbonyl (C=O) groups excluding carboxylic acids is 2. The van der Waals surface area contributed by atoms with E-state index in [-0.39, 0.29) is 29.5 Å². The van der Waals surface area contributed by atoms with Crippen LogP contribution in [-0.2, 0) is 19.2 Å². The van der Waals surface area contributed by atoms with Crippen molar-refractivity contribution in [3.8, 4) is 0 Å². The van der Waals surface area contributed by atoms with Crippen LogP contribution in [-0.4, -0.2) is 93.3 Å². The number of nitrogens with one attached hydrogen (secondary N) is 5. The number of nitrogen functional groups attached to an aromatic ring is 1. The van der Waals surface area contributed by atoms with Crippen molar-refractivity contribution in [1.82, 2.24) is 20.6 Å². The molecule has 0 bridgehead atoms. The Bertz CT molecular complexity index is 1400. The highest BCUT2D eigenvalue weighted by Crippen LogP contribution is 2.25. The quantitative estimate of drug-likeness (QED) is 0.129. The summed E-state index contributed by atoms with van der Waals surface area (Å²) < 4.78 is 0. The predicted molar refractivity (Wildman–Crippen MR) is 149 cm³/mol. The molecule has 2 amide bonds. The molecule has 17 nitrogen and oxygen atoms in total. The molecule has 10 N–H and O–H groups in total. The molecule has 3 rings (SSSR count). The van der Waals surface area contributed by atoms with Crippen LogP contribution in [0.3, 0.4) is 0 Å². The summed E-state index contributed by atoms with van der Waals surface area (Å²) in [5.74, 6) is -5.22. The number of carbonyl (C=O) groups is 5. The number of carboxylic acid groups (broad SMARTS) is 3. The monoisotopic (exact) mass is 588 g/mol. The standard InChI is InChI=1S/C25H32N8O9/c1-33-14(11-28-20-19(33)23(40)32-25(26)31-20)10-27-13-4-2-12(3-5-13)21(38)29-15(6-8-17(34)35)22(39)30-16(24(41)42)7-9-18(36)37/h2-5,14-16,27H,6-11H2,1H3,(H,29,38)(H,30,39)(H,34,35)(H,36,37)(H,41,42)(H4,26,28,31,32,40)/t14-,15-,16-/m0/s1. The lowest BCUT2D eigenvalue weighted by Gasteiger charge is -2.35. The van der Waals surface area contributed by atoms with Crippen molar-refractivity contribution in [2.75, 3.05) is 41.4 Å². The lowest BCUT2D eigenvalue weighted by atomic mass is 10.1. The van der Waals surface area contributed by atoms with Crippen molar-refractivity contribution in [2.24, 2.45) is 0 Å². The second-order valence-electron chi connectivity index (χ2n) is 9.54. The Hall–Kier alpha value is -5.35. The van der Waals surface area contributed by atoms with Gasteiger partial charge in [-0.15, -0.1) is 0 Å². The van der Waals surface area contributed by atoms with Crippen LogP contribution in [0.15, 0.2) is 29.1 Å². The SMILES string of the molecule is CN1c2c(nc(N)[nH]c2=O)NC[C@@H]1CNc1ccc(C(=O)N[C@@H](CCC(=O)O)C(=O)N[C@@H](CCC(=O)O)C(=O)O)cc1. The Kier molecular flexibility index (Phi) is 10.3.